The van der Waals surface area contributed by atoms with Gasteiger partial charge in [-0.2, -0.15) is 0 Å². The Balaban J connectivity index is 1.68. The van der Waals surface area contributed by atoms with E-state index in [0.717, 1.165) is 23.3 Å². The van der Waals surface area contributed by atoms with Crippen molar-refractivity contribution < 1.29 is 19.0 Å². The van der Waals surface area contributed by atoms with E-state index in [1.165, 1.54) is 22.2 Å². The van der Waals surface area contributed by atoms with Gasteiger partial charge < -0.3 is 14.2 Å². The van der Waals surface area contributed by atoms with Gasteiger partial charge in [0.1, 0.15) is 23.3 Å². The first kappa shape index (κ1) is 23.4. The third-order valence-electron chi connectivity index (χ3n) is 4.65. The van der Waals surface area contributed by atoms with Gasteiger partial charge in [-0.3, -0.25) is 9.69 Å². The minimum absolute atomic E-state index is 0.134. The van der Waals surface area contributed by atoms with Crippen molar-refractivity contribution in [2.45, 2.75) is 20.3 Å². The first-order valence-electron chi connectivity index (χ1n) is 9.77. The highest BCUT2D eigenvalue weighted by atomic mass is 35.5. The fourth-order valence-electron chi connectivity index (χ4n) is 3.08. The molecule has 8 heteroatoms. The Morgan fingerprint density at radius 1 is 1.16 bits per heavy atom. The zero-order valence-electron chi connectivity index (χ0n) is 17.9. The molecule has 0 saturated carbocycles. The van der Waals surface area contributed by atoms with Crippen molar-refractivity contribution in [1.29, 1.82) is 0 Å². The standard InChI is InChI=1S/C23H24ClNO4S2/c1-5-15-8-14(2)9-17(10-15)28-6-7-29-21-18(24)11-16(12-19(21)27-4)13-20-22(26)25(3)23(30)31-20/h8-13H,5-7H2,1-4H3/b20-13+. The molecule has 1 fully saturated rings. The number of carbonyl (C=O) groups excluding carboxylic acids is 1. The molecular weight excluding hydrogens is 454 g/mol. The van der Waals surface area contributed by atoms with Crippen LogP contribution in [0.2, 0.25) is 5.02 Å². The van der Waals surface area contributed by atoms with Crippen LogP contribution in [-0.2, 0) is 11.2 Å². The van der Waals surface area contributed by atoms with E-state index >= 15 is 0 Å². The van der Waals surface area contributed by atoms with Crippen molar-refractivity contribution in [3.63, 3.8) is 0 Å². The van der Waals surface area contributed by atoms with E-state index in [4.69, 9.17) is 38.0 Å². The fraction of sp³-hybridized carbons (Fsp3) is 0.304. The molecule has 1 amide bonds. The third kappa shape index (κ3) is 5.73. The Kier molecular flexibility index (Phi) is 7.86. The zero-order chi connectivity index (χ0) is 22.5. The highest BCUT2D eigenvalue weighted by Gasteiger charge is 2.28. The lowest BCUT2D eigenvalue weighted by Gasteiger charge is -2.14. The van der Waals surface area contributed by atoms with E-state index in [-0.39, 0.29) is 5.91 Å². The predicted octanol–water partition coefficient (Wildman–Crippen LogP) is 5.51. The molecular formula is C23H24ClNO4S2. The SMILES string of the molecule is CCc1cc(C)cc(OCCOc2c(Cl)cc(/C=C3/SC(=S)N(C)C3=O)cc2OC)c1. The molecule has 3 rings (SSSR count). The van der Waals surface area contributed by atoms with Crippen LogP contribution in [0, 0.1) is 6.92 Å². The van der Waals surface area contributed by atoms with E-state index in [2.05, 4.69) is 13.0 Å². The average Bonchev–Trinajstić information content (AvgIpc) is 2.98. The minimum Gasteiger partial charge on any atom is -0.493 e. The van der Waals surface area contributed by atoms with Crippen molar-refractivity contribution >= 4 is 51.9 Å². The number of hydrogen-bond acceptors (Lipinski definition) is 6. The van der Waals surface area contributed by atoms with E-state index in [1.807, 2.05) is 19.1 Å². The molecule has 1 saturated heterocycles. The van der Waals surface area contributed by atoms with Gasteiger partial charge in [-0.15, -0.1) is 0 Å². The van der Waals surface area contributed by atoms with Crippen LogP contribution >= 0.6 is 35.6 Å². The zero-order valence-corrected chi connectivity index (χ0v) is 20.2. The highest BCUT2D eigenvalue weighted by molar-refractivity contribution is 8.26. The predicted molar refractivity (Wildman–Crippen MR) is 130 cm³/mol. The van der Waals surface area contributed by atoms with Crippen molar-refractivity contribution in [3.8, 4) is 17.2 Å². The number of benzene rings is 2. The monoisotopic (exact) mass is 477 g/mol. The second kappa shape index (κ2) is 10.4. The Morgan fingerprint density at radius 3 is 2.55 bits per heavy atom. The van der Waals surface area contributed by atoms with Crippen LogP contribution in [0.15, 0.2) is 35.2 Å². The topological polar surface area (TPSA) is 48.0 Å². The number of nitrogens with zero attached hydrogens (tertiary/aromatic N) is 1. The van der Waals surface area contributed by atoms with E-state index in [1.54, 1.807) is 32.4 Å². The summed E-state index contributed by atoms with van der Waals surface area (Å²) in [7, 11) is 3.20. The lowest BCUT2D eigenvalue weighted by atomic mass is 10.1. The molecule has 1 aliphatic heterocycles. The van der Waals surface area contributed by atoms with Crippen molar-refractivity contribution in [3.05, 3.63) is 56.9 Å². The lowest BCUT2D eigenvalue weighted by molar-refractivity contribution is -0.121. The van der Waals surface area contributed by atoms with Gasteiger partial charge in [0.05, 0.1) is 17.0 Å². The van der Waals surface area contributed by atoms with Gasteiger partial charge in [0, 0.05) is 7.05 Å². The Hall–Kier alpha value is -2.22. The van der Waals surface area contributed by atoms with Crippen LogP contribution in [0.1, 0.15) is 23.6 Å². The minimum atomic E-state index is -0.134. The molecule has 0 bridgehead atoms. The van der Waals surface area contributed by atoms with Crippen LogP contribution in [-0.4, -0.2) is 42.5 Å². The molecule has 5 nitrogen and oxygen atoms in total. The number of aryl methyl sites for hydroxylation is 2. The summed E-state index contributed by atoms with van der Waals surface area (Å²) in [6, 6.07) is 9.69. The maximum Gasteiger partial charge on any atom is 0.265 e. The second-order valence-corrected chi connectivity index (χ2v) is 9.06. The number of halogens is 1. The number of thiocarbonyl (C=S) groups is 1. The number of likely N-dealkylation sites (N-methyl/N-ethyl adjacent to an activating group) is 1. The molecule has 31 heavy (non-hydrogen) atoms. The first-order chi connectivity index (χ1) is 14.8. The van der Waals surface area contributed by atoms with Crippen molar-refractivity contribution in [1.82, 2.24) is 4.90 Å². The van der Waals surface area contributed by atoms with Gasteiger partial charge in [-0.1, -0.05) is 48.6 Å². The number of rotatable bonds is 8. The largest absolute Gasteiger partial charge is 0.493 e. The first-order valence-corrected chi connectivity index (χ1v) is 11.4. The van der Waals surface area contributed by atoms with Crippen LogP contribution in [0.25, 0.3) is 6.08 Å². The third-order valence-corrected chi connectivity index (χ3v) is 6.42. The summed E-state index contributed by atoms with van der Waals surface area (Å²) in [6.07, 6.45) is 2.70. The molecule has 2 aromatic carbocycles. The molecule has 0 spiro atoms. The summed E-state index contributed by atoms with van der Waals surface area (Å²) in [5.74, 6) is 1.60. The molecule has 1 heterocycles. The van der Waals surface area contributed by atoms with E-state index in [9.17, 15) is 4.79 Å². The van der Waals surface area contributed by atoms with Gasteiger partial charge in [-0.25, -0.2) is 0 Å². The summed E-state index contributed by atoms with van der Waals surface area (Å²) in [4.78, 5) is 14.2. The molecule has 0 unspecified atom stereocenters. The molecule has 0 aromatic heterocycles. The van der Waals surface area contributed by atoms with Crippen molar-refractivity contribution in [2.24, 2.45) is 0 Å². The van der Waals surface area contributed by atoms with Gasteiger partial charge in [0.2, 0.25) is 0 Å². The number of hydrogen-bond donors (Lipinski definition) is 0. The van der Waals surface area contributed by atoms with E-state index in [0.29, 0.717) is 39.0 Å². The number of ether oxygens (including phenoxy) is 3. The van der Waals surface area contributed by atoms with Crippen LogP contribution in [0.4, 0.5) is 0 Å². The maximum absolute atomic E-state index is 12.2. The quantitative estimate of drug-likeness (QED) is 0.284. The van der Waals surface area contributed by atoms with Gasteiger partial charge in [0.15, 0.2) is 11.5 Å². The number of methoxy groups -OCH3 is 1. The van der Waals surface area contributed by atoms with Crippen molar-refractivity contribution in [2.75, 3.05) is 27.4 Å². The molecule has 2 aromatic rings. The molecule has 164 valence electrons. The summed E-state index contributed by atoms with van der Waals surface area (Å²) in [5, 5.41) is 0.390. The average molecular weight is 478 g/mol. The summed E-state index contributed by atoms with van der Waals surface area (Å²) in [5.41, 5.74) is 3.12. The van der Waals surface area contributed by atoms with E-state index < -0.39 is 0 Å². The van der Waals surface area contributed by atoms with Crippen LogP contribution < -0.4 is 14.2 Å². The maximum atomic E-state index is 12.2. The smallest absolute Gasteiger partial charge is 0.265 e. The number of amides is 1. The second-order valence-electron chi connectivity index (χ2n) is 6.98. The summed E-state index contributed by atoms with van der Waals surface area (Å²) in [6.45, 7) is 4.84. The van der Waals surface area contributed by atoms with Gasteiger partial charge in [-0.05, 0) is 60.4 Å². The Morgan fingerprint density at radius 2 is 1.90 bits per heavy atom. The Bertz CT molecular complexity index is 1040. The lowest BCUT2D eigenvalue weighted by Crippen LogP contribution is -2.22. The summed E-state index contributed by atoms with van der Waals surface area (Å²) < 4.78 is 17.7. The molecule has 0 radical (unpaired) electrons. The van der Waals surface area contributed by atoms with Crippen LogP contribution in [0.5, 0.6) is 17.2 Å². The molecule has 1 aliphatic rings. The highest BCUT2D eigenvalue weighted by Crippen LogP contribution is 2.38. The van der Waals surface area contributed by atoms with Crippen LogP contribution in [0.3, 0.4) is 0 Å². The van der Waals surface area contributed by atoms with Gasteiger partial charge >= 0.3 is 0 Å². The summed E-state index contributed by atoms with van der Waals surface area (Å²) >= 11 is 12.9. The molecule has 0 aliphatic carbocycles. The Labute approximate surface area is 197 Å². The number of carbonyl (C=O) groups is 1. The van der Waals surface area contributed by atoms with Gasteiger partial charge in [0.25, 0.3) is 5.91 Å². The molecule has 0 atom stereocenters. The molecule has 0 N–H and O–H groups in total. The fourth-order valence-corrected chi connectivity index (χ4v) is 4.53. The normalized spacial score (nSPS) is 15.0. The number of thioether (sulfide) groups is 1.